The number of alkyl halides is 6. The Hall–Kier alpha value is -1.69. The first-order valence-corrected chi connectivity index (χ1v) is 12.5. The number of carbonyl (C=O) groups excluding carboxylic acids is 2. The minimum atomic E-state index is -6.57. The molecule has 2 aromatic carbocycles. The van der Waals surface area contributed by atoms with E-state index in [0.29, 0.717) is 10.5 Å². The molecule has 0 saturated carbocycles. The molecule has 0 amide bonds. The number of hydrogen-bond donors (Lipinski definition) is 0. The summed E-state index contributed by atoms with van der Waals surface area (Å²) < 4.78 is 123. The molecule has 0 aromatic heterocycles. The first kappa shape index (κ1) is 29.5. The zero-order valence-electron chi connectivity index (χ0n) is 16.3. The third-order valence-corrected chi connectivity index (χ3v) is 6.48. The predicted octanol–water partition coefficient (Wildman–Crippen LogP) is 5.76. The zero-order chi connectivity index (χ0) is 27.0. The van der Waals surface area contributed by atoms with Gasteiger partial charge in [0.15, 0.2) is 5.75 Å². The van der Waals surface area contributed by atoms with Crippen LogP contribution in [0, 0.1) is 0 Å². The van der Waals surface area contributed by atoms with E-state index in [1.165, 1.54) is 12.1 Å². The van der Waals surface area contributed by atoms with Crippen molar-refractivity contribution in [3.05, 3.63) is 60.9 Å². The highest BCUT2D eigenvalue weighted by molar-refractivity contribution is 9.11. The number of carbonyl (C=O) groups is 2. The van der Waals surface area contributed by atoms with Crippen LogP contribution in [-0.2, 0) is 14.9 Å². The van der Waals surface area contributed by atoms with Gasteiger partial charge in [-0.1, -0.05) is 28.1 Å². The van der Waals surface area contributed by atoms with Crippen LogP contribution in [0.5, 0.6) is 5.75 Å². The van der Waals surface area contributed by atoms with E-state index in [1.54, 1.807) is 0 Å². The van der Waals surface area contributed by atoms with Gasteiger partial charge in [-0.3, -0.25) is 0 Å². The zero-order valence-corrected chi connectivity index (χ0v) is 21.9. The molecule has 0 fully saturated rings. The fourth-order valence-corrected chi connectivity index (χ4v) is 5.85. The molecule has 0 aliphatic carbocycles. The molecule has 7 nitrogen and oxygen atoms in total. The minimum absolute atomic E-state index is 0.154. The molecular weight excluding hydrogens is 714 g/mol. The standard InChI is InChI=1S/C18H9Br3F6O7S/c19-8-5-11(20)13(12(21)6-8)33-14(28)9-3-1-2-4-10(9)15(29)34-16(17(22,23)24,18(25,26)27)7-35(30,31)32/h1-6H,7H2,(H,30,31,32)/p-1. The Morgan fingerprint density at radius 3 is 1.69 bits per heavy atom. The highest BCUT2D eigenvalue weighted by Crippen LogP contribution is 2.47. The van der Waals surface area contributed by atoms with Gasteiger partial charge in [-0.15, -0.1) is 0 Å². The Kier molecular flexibility index (Phi) is 8.74. The van der Waals surface area contributed by atoms with Crippen molar-refractivity contribution in [1.29, 1.82) is 0 Å². The molecule has 35 heavy (non-hydrogen) atoms. The number of ether oxygens (including phenoxy) is 2. The molecule has 0 saturated heterocycles. The normalized spacial score (nSPS) is 12.9. The van der Waals surface area contributed by atoms with Gasteiger partial charge in [0.25, 0.3) is 0 Å². The smallest absolute Gasteiger partial charge is 0.438 e. The lowest BCUT2D eigenvalue weighted by molar-refractivity contribution is -0.356. The van der Waals surface area contributed by atoms with Gasteiger partial charge < -0.3 is 14.0 Å². The number of benzene rings is 2. The molecule has 0 atom stereocenters. The van der Waals surface area contributed by atoms with E-state index in [-0.39, 0.29) is 14.7 Å². The van der Waals surface area contributed by atoms with Crippen molar-refractivity contribution in [3.8, 4) is 5.75 Å². The van der Waals surface area contributed by atoms with Crippen molar-refractivity contribution >= 4 is 69.8 Å². The molecule has 0 bridgehead atoms. The molecule has 2 rings (SSSR count). The van der Waals surface area contributed by atoms with Crippen molar-refractivity contribution < 1.29 is 58.4 Å². The maximum atomic E-state index is 13.4. The lowest BCUT2D eigenvalue weighted by Gasteiger charge is -2.37. The number of rotatable bonds is 6. The quantitative estimate of drug-likeness (QED) is 0.162. The van der Waals surface area contributed by atoms with Gasteiger partial charge in [0.05, 0.1) is 35.9 Å². The molecular formula is C18H8Br3F6O7S-. The maximum Gasteiger partial charge on any atom is 0.438 e. The van der Waals surface area contributed by atoms with Crippen LogP contribution in [0.1, 0.15) is 20.7 Å². The van der Waals surface area contributed by atoms with Crippen LogP contribution in [0.2, 0.25) is 0 Å². The molecule has 0 radical (unpaired) electrons. The minimum Gasteiger partial charge on any atom is -0.748 e. The fourth-order valence-electron chi connectivity index (χ4n) is 2.54. The average molecular weight is 722 g/mol. The van der Waals surface area contributed by atoms with Crippen molar-refractivity contribution in [3.63, 3.8) is 0 Å². The van der Waals surface area contributed by atoms with E-state index in [2.05, 4.69) is 52.5 Å². The first-order valence-electron chi connectivity index (χ1n) is 8.55. The fraction of sp³-hybridized carbons (Fsp3) is 0.222. The summed E-state index contributed by atoms with van der Waals surface area (Å²) in [7, 11) is -6.23. The molecule has 0 spiro atoms. The van der Waals surface area contributed by atoms with Gasteiger partial charge >= 0.3 is 29.9 Å². The van der Waals surface area contributed by atoms with Gasteiger partial charge in [0, 0.05) is 4.47 Å². The van der Waals surface area contributed by atoms with Crippen LogP contribution < -0.4 is 4.74 Å². The van der Waals surface area contributed by atoms with Crippen molar-refractivity contribution in [2.24, 2.45) is 0 Å². The molecule has 192 valence electrons. The largest absolute Gasteiger partial charge is 0.748 e. The first-order chi connectivity index (χ1) is 15.8. The lowest BCUT2D eigenvalue weighted by atomic mass is 10.0. The van der Waals surface area contributed by atoms with E-state index in [9.17, 15) is 48.9 Å². The summed E-state index contributed by atoms with van der Waals surface area (Å²) in [5, 5.41) is 0. The summed E-state index contributed by atoms with van der Waals surface area (Å²) in [6, 6.07) is 6.46. The Morgan fingerprint density at radius 2 is 1.29 bits per heavy atom. The average Bonchev–Trinajstić information content (AvgIpc) is 2.67. The summed E-state index contributed by atoms with van der Waals surface area (Å²) in [4.78, 5) is 25.1. The van der Waals surface area contributed by atoms with Crippen molar-refractivity contribution in [2.45, 2.75) is 18.0 Å². The molecule has 0 N–H and O–H groups in total. The Bertz CT molecular complexity index is 1220. The number of halogens is 9. The second-order valence-electron chi connectivity index (χ2n) is 6.55. The third kappa shape index (κ3) is 6.75. The second-order valence-corrected chi connectivity index (χ2v) is 10.6. The summed E-state index contributed by atoms with van der Waals surface area (Å²) in [6.07, 6.45) is -13.1. The van der Waals surface area contributed by atoms with Crippen LogP contribution in [0.3, 0.4) is 0 Å². The molecule has 2 aromatic rings. The van der Waals surface area contributed by atoms with Crippen LogP contribution >= 0.6 is 47.8 Å². The van der Waals surface area contributed by atoms with Crippen molar-refractivity contribution in [2.75, 3.05) is 5.75 Å². The molecule has 0 unspecified atom stereocenters. The Balaban J connectivity index is 2.54. The van der Waals surface area contributed by atoms with Gasteiger partial charge in [-0.2, -0.15) is 26.3 Å². The summed E-state index contributed by atoms with van der Waals surface area (Å²) in [6.45, 7) is 0. The highest BCUT2D eigenvalue weighted by atomic mass is 79.9. The topological polar surface area (TPSA) is 110 Å². The van der Waals surface area contributed by atoms with E-state index in [0.717, 1.165) is 18.2 Å². The van der Waals surface area contributed by atoms with Crippen molar-refractivity contribution in [1.82, 2.24) is 0 Å². The monoisotopic (exact) mass is 719 g/mol. The van der Waals surface area contributed by atoms with Crippen LogP contribution in [-0.4, -0.2) is 48.6 Å². The van der Waals surface area contributed by atoms with Crippen LogP contribution in [0.25, 0.3) is 0 Å². The van der Waals surface area contributed by atoms with E-state index in [4.69, 9.17) is 4.74 Å². The number of hydrogen-bond acceptors (Lipinski definition) is 7. The highest BCUT2D eigenvalue weighted by Gasteiger charge is 2.75. The molecule has 0 aliphatic rings. The third-order valence-electron chi connectivity index (χ3n) is 4.09. The van der Waals surface area contributed by atoms with Gasteiger partial charge in [0.2, 0.25) is 0 Å². The van der Waals surface area contributed by atoms with E-state index < -0.39 is 56.9 Å². The number of esters is 2. The van der Waals surface area contributed by atoms with E-state index in [1.807, 2.05) is 0 Å². The maximum absolute atomic E-state index is 13.4. The predicted molar refractivity (Wildman–Crippen MR) is 116 cm³/mol. The second kappa shape index (κ2) is 10.4. The van der Waals surface area contributed by atoms with Gasteiger partial charge in [-0.25, -0.2) is 18.0 Å². The van der Waals surface area contributed by atoms with E-state index >= 15 is 0 Å². The Morgan fingerprint density at radius 1 is 0.857 bits per heavy atom. The summed E-state index contributed by atoms with van der Waals surface area (Å²) >= 11 is 9.34. The molecule has 17 heteroatoms. The van der Waals surface area contributed by atoms with Crippen LogP contribution in [0.4, 0.5) is 26.3 Å². The van der Waals surface area contributed by atoms with Gasteiger partial charge in [-0.05, 0) is 56.1 Å². The van der Waals surface area contributed by atoms with Crippen LogP contribution in [0.15, 0.2) is 49.8 Å². The lowest BCUT2D eigenvalue weighted by Crippen LogP contribution is -2.63. The molecule has 0 heterocycles. The Labute approximate surface area is 217 Å². The summed E-state index contributed by atoms with van der Waals surface area (Å²) in [5.74, 6) is -7.10. The van der Waals surface area contributed by atoms with Gasteiger partial charge in [0.1, 0.15) is 0 Å². The SMILES string of the molecule is O=C(Oc1c(Br)cc(Br)cc1Br)c1ccccc1C(=O)OC(CS(=O)(=O)[O-])(C(F)(F)F)C(F)(F)F. The summed E-state index contributed by atoms with van der Waals surface area (Å²) in [5.41, 5.74) is -7.64. The molecule has 0 aliphatic heterocycles.